The maximum absolute atomic E-state index is 13.4. The number of alkyl halides is 2. The van der Waals surface area contributed by atoms with Gasteiger partial charge in [-0.15, -0.1) is 12.8 Å². The summed E-state index contributed by atoms with van der Waals surface area (Å²) < 4.78 is 34.1. The van der Waals surface area contributed by atoms with Gasteiger partial charge in [-0.2, -0.15) is 19.0 Å². The summed E-state index contributed by atoms with van der Waals surface area (Å²) in [6.07, 6.45) is 15.9. The van der Waals surface area contributed by atoms with E-state index in [1.807, 2.05) is 4.90 Å². The molecule has 6 rings (SSSR count). The zero-order chi connectivity index (χ0) is 30.7. The number of benzene rings is 1. The number of anilines is 1. The average molecular weight is 611 g/mol. The van der Waals surface area contributed by atoms with Gasteiger partial charge < -0.3 is 19.9 Å². The van der Waals surface area contributed by atoms with Crippen LogP contribution in [0.4, 0.5) is 14.5 Å². The minimum Gasteiger partial charge on any atom is -0.434 e. The lowest BCUT2D eigenvalue weighted by atomic mass is 9.93. The summed E-state index contributed by atoms with van der Waals surface area (Å²) in [4.78, 5) is 35.2. The molecule has 0 spiro atoms. The monoisotopic (exact) mass is 610 g/mol. The van der Waals surface area contributed by atoms with Crippen LogP contribution in [0.15, 0.2) is 49.1 Å². The quantitative estimate of drug-likeness (QED) is 0.316. The Kier molecular flexibility index (Phi) is 8.89. The van der Waals surface area contributed by atoms with E-state index in [1.165, 1.54) is 46.0 Å². The summed E-state index contributed by atoms with van der Waals surface area (Å²) in [5.41, 5.74) is 0.959. The Balaban J connectivity index is 0.00000180. The fraction of sp³-hybridized carbons (Fsp3) is 0.345. The molecule has 0 bridgehead atoms. The number of terminal acetylenes is 1. The smallest absolute Gasteiger partial charge is 0.387 e. The molecule has 3 aromatic heterocycles. The predicted molar refractivity (Wildman–Crippen MR) is 156 cm³/mol. The topological polar surface area (TPSA) is 110 Å². The standard InChI is InChI=1S/C27H27ClF2N8O3.C2H2/c1-35-9-6-21-16(13-35)5-10-37(21)23(39)15-36-14-20(33-26(40)19-12-32-38-8-2-7-31-25(19)38)24(34-36)18-11-17(28)3-4-22(18)41-27(29)30;1-2/h2-4,7-8,11-12,14,16,21,27H,5-6,9-10,13,15H2,1H3,(H,33,40);1-2H/t16?,21-;/m0./s1. The van der Waals surface area contributed by atoms with Crippen molar-refractivity contribution in [3.8, 4) is 29.9 Å². The lowest BCUT2D eigenvalue weighted by Crippen LogP contribution is -2.47. The highest BCUT2D eigenvalue weighted by Gasteiger charge is 2.39. The number of halogens is 3. The summed E-state index contributed by atoms with van der Waals surface area (Å²) in [6.45, 7) is -0.642. The van der Waals surface area contributed by atoms with Gasteiger partial charge >= 0.3 is 6.61 Å². The summed E-state index contributed by atoms with van der Waals surface area (Å²) in [5.74, 6) is -0.391. The van der Waals surface area contributed by atoms with Crippen molar-refractivity contribution in [1.82, 2.24) is 34.2 Å². The van der Waals surface area contributed by atoms with Crippen LogP contribution >= 0.6 is 11.6 Å². The Hall–Kier alpha value is -4.54. The molecule has 1 N–H and O–H groups in total. The second-order valence-corrected chi connectivity index (χ2v) is 10.7. The number of hydrogen-bond acceptors (Lipinski definition) is 7. The van der Waals surface area contributed by atoms with Crippen molar-refractivity contribution in [1.29, 1.82) is 0 Å². The highest BCUT2D eigenvalue weighted by Crippen LogP contribution is 2.37. The Bertz CT molecular complexity index is 1650. The van der Waals surface area contributed by atoms with E-state index in [-0.39, 0.29) is 51.8 Å². The van der Waals surface area contributed by atoms with Gasteiger partial charge in [0, 0.05) is 48.3 Å². The van der Waals surface area contributed by atoms with Crippen LogP contribution in [0.3, 0.4) is 0 Å². The third-order valence-electron chi connectivity index (χ3n) is 7.60. The van der Waals surface area contributed by atoms with Gasteiger partial charge in [0.25, 0.3) is 5.91 Å². The molecule has 0 saturated carbocycles. The molecule has 1 aromatic carbocycles. The number of aromatic nitrogens is 5. The molecule has 0 radical (unpaired) electrons. The first-order valence-corrected chi connectivity index (χ1v) is 13.9. The van der Waals surface area contributed by atoms with E-state index in [1.54, 1.807) is 12.3 Å². The number of carbonyl (C=O) groups is 2. The number of nitrogens with zero attached hydrogens (tertiary/aromatic N) is 7. The molecule has 43 heavy (non-hydrogen) atoms. The Morgan fingerprint density at radius 3 is 2.84 bits per heavy atom. The Morgan fingerprint density at radius 2 is 2.05 bits per heavy atom. The maximum Gasteiger partial charge on any atom is 0.387 e. The number of rotatable bonds is 7. The number of carbonyl (C=O) groups excluding carboxylic acids is 2. The van der Waals surface area contributed by atoms with Crippen LogP contribution in [0.2, 0.25) is 5.02 Å². The van der Waals surface area contributed by atoms with Gasteiger partial charge in [-0.1, -0.05) is 11.6 Å². The van der Waals surface area contributed by atoms with Crippen LogP contribution in [-0.4, -0.2) is 85.3 Å². The predicted octanol–water partition coefficient (Wildman–Crippen LogP) is 3.90. The van der Waals surface area contributed by atoms with Gasteiger partial charge in [0.1, 0.15) is 23.6 Å². The van der Waals surface area contributed by atoms with Crippen LogP contribution < -0.4 is 10.1 Å². The number of likely N-dealkylation sites (tertiary alicyclic amines) is 2. The van der Waals surface area contributed by atoms with E-state index in [0.717, 1.165) is 25.9 Å². The second kappa shape index (κ2) is 12.8. The highest BCUT2D eigenvalue weighted by atomic mass is 35.5. The lowest BCUT2D eigenvalue weighted by Gasteiger charge is -2.36. The van der Waals surface area contributed by atoms with Crippen molar-refractivity contribution >= 4 is 34.7 Å². The van der Waals surface area contributed by atoms with Crippen LogP contribution in [0.1, 0.15) is 23.2 Å². The van der Waals surface area contributed by atoms with E-state index in [0.29, 0.717) is 18.1 Å². The van der Waals surface area contributed by atoms with Crippen LogP contribution in [0.5, 0.6) is 5.75 Å². The van der Waals surface area contributed by atoms with Gasteiger partial charge in [-0.3, -0.25) is 14.3 Å². The van der Waals surface area contributed by atoms with E-state index < -0.39 is 12.5 Å². The number of nitrogens with one attached hydrogen (secondary N) is 1. The molecule has 2 amide bonds. The average Bonchev–Trinajstić information content (AvgIpc) is 3.71. The molecular formula is C29H29ClF2N8O3. The lowest BCUT2D eigenvalue weighted by molar-refractivity contribution is -0.133. The van der Waals surface area contributed by atoms with E-state index >= 15 is 0 Å². The first-order chi connectivity index (χ1) is 20.8. The van der Waals surface area contributed by atoms with Crippen molar-refractivity contribution in [2.24, 2.45) is 5.92 Å². The van der Waals surface area contributed by atoms with Crippen molar-refractivity contribution in [3.63, 3.8) is 0 Å². The first kappa shape index (κ1) is 29.9. The zero-order valence-corrected chi connectivity index (χ0v) is 24.0. The largest absolute Gasteiger partial charge is 0.434 e. The summed E-state index contributed by atoms with van der Waals surface area (Å²) in [7, 11) is 2.09. The minimum atomic E-state index is -3.10. The molecule has 0 aliphatic carbocycles. The Morgan fingerprint density at radius 1 is 1.23 bits per heavy atom. The molecule has 2 atom stereocenters. The normalized spacial score (nSPS) is 18.3. The van der Waals surface area contributed by atoms with Gasteiger partial charge in [0.2, 0.25) is 5.91 Å². The maximum atomic E-state index is 13.4. The molecule has 2 aliphatic heterocycles. The molecule has 5 heterocycles. The Labute approximate surface area is 251 Å². The second-order valence-electron chi connectivity index (χ2n) is 10.3. The van der Waals surface area contributed by atoms with Crippen LogP contribution in [-0.2, 0) is 11.3 Å². The van der Waals surface area contributed by atoms with Crippen molar-refractivity contribution in [2.45, 2.75) is 32.0 Å². The molecule has 4 aromatic rings. The number of fused-ring (bicyclic) bond motifs is 2. The molecule has 14 heteroatoms. The highest BCUT2D eigenvalue weighted by molar-refractivity contribution is 6.31. The van der Waals surface area contributed by atoms with Gasteiger partial charge in [0.15, 0.2) is 5.65 Å². The molecule has 1 unspecified atom stereocenters. The van der Waals surface area contributed by atoms with Gasteiger partial charge in [0.05, 0.1) is 11.9 Å². The van der Waals surface area contributed by atoms with E-state index in [4.69, 9.17) is 16.3 Å². The number of piperidine rings is 1. The third-order valence-corrected chi connectivity index (χ3v) is 7.84. The molecule has 11 nitrogen and oxygen atoms in total. The molecule has 2 aliphatic rings. The van der Waals surface area contributed by atoms with Crippen LogP contribution in [0, 0.1) is 18.8 Å². The number of amides is 2. The zero-order valence-electron chi connectivity index (χ0n) is 23.2. The summed E-state index contributed by atoms with van der Waals surface area (Å²) in [6, 6.07) is 5.99. The van der Waals surface area contributed by atoms with Gasteiger partial charge in [-0.05, 0) is 56.6 Å². The fourth-order valence-corrected chi connectivity index (χ4v) is 5.93. The first-order valence-electron chi connectivity index (χ1n) is 13.5. The molecule has 2 fully saturated rings. The van der Waals surface area contributed by atoms with Crippen LogP contribution in [0.25, 0.3) is 16.9 Å². The van der Waals surface area contributed by atoms with Crippen molar-refractivity contribution in [3.05, 3.63) is 59.6 Å². The van der Waals surface area contributed by atoms with E-state index in [9.17, 15) is 18.4 Å². The fourth-order valence-electron chi connectivity index (χ4n) is 5.76. The summed E-state index contributed by atoms with van der Waals surface area (Å²) in [5, 5.41) is 11.7. The summed E-state index contributed by atoms with van der Waals surface area (Å²) >= 11 is 6.21. The molecular weight excluding hydrogens is 582 g/mol. The number of ether oxygens (including phenoxy) is 1. The third kappa shape index (κ3) is 6.30. The molecule has 224 valence electrons. The van der Waals surface area contributed by atoms with E-state index in [2.05, 4.69) is 45.3 Å². The van der Waals surface area contributed by atoms with Crippen molar-refractivity contribution < 1.29 is 23.1 Å². The van der Waals surface area contributed by atoms with Gasteiger partial charge in [-0.25, -0.2) is 9.50 Å². The minimum absolute atomic E-state index is 0.0915. The molecule has 2 saturated heterocycles. The number of hydrogen-bond donors (Lipinski definition) is 1. The SMILES string of the molecule is C#C.CN1CC[C@H]2C(CCN2C(=O)Cn2cc(NC(=O)c3cnn4cccnc34)c(-c3cc(Cl)ccc3OC(F)F)n2)C1. The van der Waals surface area contributed by atoms with Crippen molar-refractivity contribution in [2.75, 3.05) is 32.0 Å².